The Morgan fingerprint density at radius 1 is 1.21 bits per heavy atom. The summed E-state index contributed by atoms with van der Waals surface area (Å²) in [6.07, 6.45) is 1.10. The maximum Gasteiger partial charge on any atom is 0.250 e. The number of ether oxygens (including phenoxy) is 2. The summed E-state index contributed by atoms with van der Waals surface area (Å²) in [5.41, 5.74) is 2.61. The van der Waals surface area contributed by atoms with Crippen molar-refractivity contribution in [2.75, 3.05) is 20.8 Å². The lowest BCUT2D eigenvalue weighted by Gasteiger charge is -2.34. The highest BCUT2D eigenvalue weighted by Crippen LogP contribution is 2.39. The molecule has 1 aliphatic rings. The number of methoxy groups -OCH3 is 2. The molecular weight excluding hydrogens is 308 g/mol. The van der Waals surface area contributed by atoms with Crippen LogP contribution in [-0.2, 0) is 20.1 Å². The van der Waals surface area contributed by atoms with Crippen LogP contribution in [0.4, 0.5) is 0 Å². The number of hydrogen-bond donors (Lipinski definition) is 1. The smallest absolute Gasteiger partial charge is 0.250 e. The Morgan fingerprint density at radius 2 is 1.92 bits per heavy atom. The van der Waals surface area contributed by atoms with E-state index in [0.29, 0.717) is 25.4 Å². The zero-order chi connectivity index (χ0) is 17.3. The molecule has 1 aliphatic heterocycles. The van der Waals surface area contributed by atoms with Crippen LogP contribution in [0.2, 0.25) is 0 Å². The molecule has 0 radical (unpaired) electrons. The monoisotopic (exact) mass is 330 g/mol. The largest absolute Gasteiger partial charge is 0.496 e. The molecule has 1 aromatic carbocycles. The minimum Gasteiger partial charge on any atom is -0.496 e. The minimum absolute atomic E-state index is 0.0373. The van der Waals surface area contributed by atoms with Gasteiger partial charge in [0.15, 0.2) is 0 Å². The van der Waals surface area contributed by atoms with Crippen molar-refractivity contribution in [3.05, 3.63) is 57.5 Å². The van der Waals surface area contributed by atoms with Crippen LogP contribution < -0.4 is 15.0 Å². The lowest BCUT2D eigenvalue weighted by atomic mass is 9.95. The normalized spacial score (nSPS) is 17.4. The van der Waals surface area contributed by atoms with Gasteiger partial charge in [0.05, 0.1) is 20.3 Å². The van der Waals surface area contributed by atoms with E-state index >= 15 is 0 Å². The van der Waals surface area contributed by atoms with Crippen LogP contribution in [0.3, 0.4) is 0 Å². The number of benzene rings is 1. The summed E-state index contributed by atoms with van der Waals surface area (Å²) >= 11 is 0. The molecule has 128 valence electrons. The van der Waals surface area contributed by atoms with Gasteiger partial charge in [-0.2, -0.15) is 0 Å². The Morgan fingerprint density at radius 3 is 2.58 bits per heavy atom. The fourth-order valence-corrected chi connectivity index (χ4v) is 3.21. The summed E-state index contributed by atoms with van der Waals surface area (Å²) in [5, 5.41) is 10.6. The van der Waals surface area contributed by atoms with E-state index in [2.05, 4.69) is 4.90 Å². The molecule has 0 bridgehead atoms. The Balaban J connectivity index is 1.91. The molecule has 0 spiro atoms. The first kappa shape index (κ1) is 16.5. The van der Waals surface area contributed by atoms with Crippen LogP contribution in [0.5, 0.6) is 11.5 Å². The predicted octanol–water partition coefficient (Wildman–Crippen LogP) is 1.45. The molecule has 0 amide bonds. The third-order valence-corrected chi connectivity index (χ3v) is 4.43. The third kappa shape index (κ3) is 3.02. The lowest BCUT2D eigenvalue weighted by Crippen LogP contribution is -2.34. The van der Waals surface area contributed by atoms with Gasteiger partial charge in [-0.05, 0) is 23.8 Å². The van der Waals surface area contributed by atoms with Gasteiger partial charge in [0.25, 0.3) is 5.56 Å². The van der Waals surface area contributed by atoms with Crippen molar-refractivity contribution < 1.29 is 14.6 Å². The van der Waals surface area contributed by atoms with Crippen LogP contribution in [0, 0.1) is 0 Å². The second-order valence-electron chi connectivity index (χ2n) is 6.03. The second kappa shape index (κ2) is 6.67. The van der Waals surface area contributed by atoms with Gasteiger partial charge in [-0.25, -0.2) is 0 Å². The van der Waals surface area contributed by atoms with Gasteiger partial charge in [0, 0.05) is 50.1 Å². The number of aryl methyl sites for hydroxylation is 1. The average molecular weight is 330 g/mol. The molecule has 2 aromatic rings. The summed E-state index contributed by atoms with van der Waals surface area (Å²) in [5.74, 6) is 1.41. The molecule has 2 heterocycles. The first-order chi connectivity index (χ1) is 11.5. The summed E-state index contributed by atoms with van der Waals surface area (Å²) in [7, 11) is 4.94. The number of fused-ring (bicyclic) bond motifs is 1. The molecule has 1 N–H and O–H groups in total. The van der Waals surface area contributed by atoms with Gasteiger partial charge in [-0.1, -0.05) is 0 Å². The van der Waals surface area contributed by atoms with Crippen LogP contribution in [-0.4, -0.2) is 35.3 Å². The van der Waals surface area contributed by atoms with Crippen molar-refractivity contribution >= 4 is 0 Å². The quantitative estimate of drug-likeness (QED) is 0.919. The lowest BCUT2D eigenvalue weighted by molar-refractivity contribution is 0.0843. The van der Waals surface area contributed by atoms with Crippen LogP contribution in [0.1, 0.15) is 22.8 Å². The number of aliphatic hydroxyl groups excluding tert-OH is 1. The number of aliphatic hydroxyl groups is 1. The van der Waals surface area contributed by atoms with E-state index in [1.165, 1.54) is 4.57 Å². The van der Waals surface area contributed by atoms with Gasteiger partial charge in [-0.15, -0.1) is 0 Å². The number of pyridine rings is 1. The first-order valence-electron chi connectivity index (χ1n) is 7.83. The van der Waals surface area contributed by atoms with E-state index in [-0.39, 0.29) is 5.56 Å². The third-order valence-electron chi connectivity index (χ3n) is 4.43. The van der Waals surface area contributed by atoms with Crippen molar-refractivity contribution in [3.8, 4) is 11.5 Å². The van der Waals surface area contributed by atoms with Crippen LogP contribution >= 0.6 is 0 Å². The van der Waals surface area contributed by atoms with Crippen molar-refractivity contribution in [1.29, 1.82) is 0 Å². The van der Waals surface area contributed by atoms with Crippen molar-refractivity contribution in [2.45, 2.75) is 19.2 Å². The maximum absolute atomic E-state index is 11.8. The van der Waals surface area contributed by atoms with E-state index in [4.69, 9.17) is 9.47 Å². The Bertz CT molecular complexity index is 800. The van der Waals surface area contributed by atoms with Gasteiger partial charge in [0.1, 0.15) is 11.5 Å². The predicted molar refractivity (Wildman–Crippen MR) is 90.3 cm³/mol. The van der Waals surface area contributed by atoms with Crippen molar-refractivity contribution in [2.24, 2.45) is 7.05 Å². The topological polar surface area (TPSA) is 63.9 Å². The number of rotatable bonds is 4. The zero-order valence-electron chi connectivity index (χ0n) is 14.2. The van der Waals surface area contributed by atoms with E-state index in [0.717, 1.165) is 22.4 Å². The summed E-state index contributed by atoms with van der Waals surface area (Å²) in [4.78, 5) is 13.9. The van der Waals surface area contributed by atoms with Crippen molar-refractivity contribution in [3.63, 3.8) is 0 Å². The van der Waals surface area contributed by atoms with E-state index in [9.17, 15) is 9.90 Å². The fraction of sp³-hybridized carbons (Fsp3) is 0.389. The molecule has 0 aliphatic carbocycles. The highest BCUT2D eigenvalue weighted by atomic mass is 16.5. The van der Waals surface area contributed by atoms with E-state index < -0.39 is 6.10 Å². The van der Waals surface area contributed by atoms with Gasteiger partial charge in [-0.3, -0.25) is 9.69 Å². The molecule has 24 heavy (non-hydrogen) atoms. The minimum atomic E-state index is -0.662. The highest BCUT2D eigenvalue weighted by Gasteiger charge is 2.29. The Hall–Kier alpha value is -2.31. The van der Waals surface area contributed by atoms with Crippen molar-refractivity contribution in [1.82, 2.24) is 9.47 Å². The summed E-state index contributed by atoms with van der Waals surface area (Å²) in [6.45, 7) is 1.70. The number of hydrogen-bond acceptors (Lipinski definition) is 5. The maximum atomic E-state index is 11.8. The summed E-state index contributed by atoms with van der Waals surface area (Å²) in [6, 6.07) is 7.22. The number of nitrogens with zero attached hydrogens (tertiary/aromatic N) is 2. The second-order valence-corrected chi connectivity index (χ2v) is 6.03. The molecule has 1 unspecified atom stereocenters. The SMILES string of the molecule is COc1ccc(OC)c2c1CN(Cc1ccn(C)c(=O)c1)CC2O. The summed E-state index contributed by atoms with van der Waals surface area (Å²) < 4.78 is 12.4. The van der Waals surface area contributed by atoms with Gasteiger partial charge >= 0.3 is 0 Å². The molecular formula is C18H22N2O4. The zero-order valence-corrected chi connectivity index (χ0v) is 14.2. The molecule has 1 atom stereocenters. The Kier molecular flexibility index (Phi) is 4.59. The molecule has 1 aromatic heterocycles. The average Bonchev–Trinajstić information content (AvgIpc) is 2.57. The van der Waals surface area contributed by atoms with E-state index in [1.54, 1.807) is 33.5 Å². The molecule has 3 rings (SSSR count). The fourth-order valence-electron chi connectivity index (χ4n) is 3.21. The molecule has 0 saturated heterocycles. The first-order valence-corrected chi connectivity index (χ1v) is 7.83. The molecule has 0 fully saturated rings. The number of aromatic nitrogens is 1. The van der Waals surface area contributed by atoms with Crippen LogP contribution in [0.25, 0.3) is 0 Å². The van der Waals surface area contributed by atoms with E-state index in [1.807, 2.05) is 18.2 Å². The molecule has 6 nitrogen and oxygen atoms in total. The molecule has 6 heteroatoms. The highest BCUT2D eigenvalue weighted by molar-refractivity contribution is 5.51. The number of β-amino-alcohol motifs (C(OH)–C–C–N with tert-alkyl or cyclic N) is 1. The Labute approximate surface area is 140 Å². The van der Waals surface area contributed by atoms with Gasteiger partial charge in [0.2, 0.25) is 0 Å². The standard InChI is InChI=1S/C18H22N2O4/c1-19-7-6-12(8-17(19)22)9-20-10-13-15(23-2)4-5-16(24-3)18(13)14(21)11-20/h4-8,14,21H,9-11H2,1-3H3. The van der Waals surface area contributed by atoms with Crippen LogP contribution in [0.15, 0.2) is 35.3 Å². The molecule has 0 saturated carbocycles. The van der Waals surface area contributed by atoms with Gasteiger partial charge < -0.3 is 19.1 Å².